The summed E-state index contributed by atoms with van der Waals surface area (Å²) in [5, 5.41) is 11.1. The highest BCUT2D eigenvalue weighted by Gasteiger charge is 2.39. The fourth-order valence-corrected chi connectivity index (χ4v) is 3.15. The lowest BCUT2D eigenvalue weighted by atomic mass is 9.88. The average molecular weight is 284 g/mol. The summed E-state index contributed by atoms with van der Waals surface area (Å²) in [6.07, 6.45) is 3.59. The molecular formula is C18H17FO2. The Bertz CT molecular complexity index is 693. The van der Waals surface area contributed by atoms with E-state index in [1.807, 2.05) is 30.3 Å². The molecule has 4 rings (SSSR count). The molecule has 2 nitrogen and oxygen atoms in total. The van der Waals surface area contributed by atoms with Crippen LogP contribution in [0.25, 0.3) is 0 Å². The van der Waals surface area contributed by atoms with Crippen LogP contribution < -0.4 is 4.74 Å². The topological polar surface area (TPSA) is 29.5 Å². The first-order valence-corrected chi connectivity index (χ1v) is 7.44. The van der Waals surface area contributed by atoms with E-state index in [-0.39, 0.29) is 5.82 Å². The Labute approximate surface area is 123 Å². The zero-order valence-electron chi connectivity index (χ0n) is 11.7. The van der Waals surface area contributed by atoms with Gasteiger partial charge in [0.05, 0.1) is 6.10 Å². The number of rotatable bonds is 3. The second kappa shape index (κ2) is 4.57. The summed E-state index contributed by atoms with van der Waals surface area (Å²) in [6, 6.07) is 12.5. The van der Waals surface area contributed by atoms with E-state index in [9.17, 15) is 9.50 Å². The van der Waals surface area contributed by atoms with E-state index in [1.54, 1.807) is 6.07 Å². The van der Waals surface area contributed by atoms with E-state index in [0.29, 0.717) is 30.1 Å². The minimum Gasteiger partial charge on any atom is -0.490 e. The van der Waals surface area contributed by atoms with Gasteiger partial charge in [-0.3, -0.25) is 0 Å². The van der Waals surface area contributed by atoms with Gasteiger partial charge in [-0.1, -0.05) is 24.3 Å². The SMILES string of the molecule is OC1(c2cccc(OC3CC3)c2)CCc2c(F)cccc21. The number of fused-ring (bicyclic) bond motifs is 1. The molecule has 3 heteroatoms. The molecule has 21 heavy (non-hydrogen) atoms. The van der Waals surface area contributed by atoms with Gasteiger partial charge < -0.3 is 9.84 Å². The summed E-state index contributed by atoms with van der Waals surface area (Å²) >= 11 is 0. The van der Waals surface area contributed by atoms with Crippen molar-refractivity contribution in [3.05, 3.63) is 65.0 Å². The predicted octanol–water partition coefficient (Wildman–Crippen LogP) is 3.55. The average Bonchev–Trinajstić information content (AvgIpc) is 3.23. The van der Waals surface area contributed by atoms with Gasteiger partial charge in [0, 0.05) is 0 Å². The highest BCUT2D eigenvalue weighted by atomic mass is 19.1. The molecule has 108 valence electrons. The maximum Gasteiger partial charge on any atom is 0.126 e. The molecule has 0 spiro atoms. The summed E-state index contributed by atoms with van der Waals surface area (Å²) in [5.41, 5.74) is 0.991. The molecule has 2 aliphatic carbocycles. The molecule has 2 aliphatic rings. The van der Waals surface area contributed by atoms with Crippen LogP contribution in [0.15, 0.2) is 42.5 Å². The van der Waals surface area contributed by atoms with Gasteiger partial charge in [-0.15, -0.1) is 0 Å². The van der Waals surface area contributed by atoms with Gasteiger partial charge in [0.15, 0.2) is 0 Å². The predicted molar refractivity (Wildman–Crippen MR) is 77.8 cm³/mol. The number of aliphatic hydroxyl groups is 1. The third-order valence-corrected chi connectivity index (χ3v) is 4.44. The van der Waals surface area contributed by atoms with Crippen molar-refractivity contribution in [1.29, 1.82) is 0 Å². The Hall–Kier alpha value is -1.87. The van der Waals surface area contributed by atoms with Crippen molar-refractivity contribution in [3.63, 3.8) is 0 Å². The Morgan fingerprint density at radius 1 is 1.14 bits per heavy atom. The van der Waals surface area contributed by atoms with Gasteiger partial charge in [-0.25, -0.2) is 4.39 Å². The summed E-state index contributed by atoms with van der Waals surface area (Å²) < 4.78 is 19.7. The first-order chi connectivity index (χ1) is 10.2. The van der Waals surface area contributed by atoms with Crippen LogP contribution in [-0.4, -0.2) is 11.2 Å². The molecule has 1 fully saturated rings. The van der Waals surface area contributed by atoms with Crippen LogP contribution in [-0.2, 0) is 12.0 Å². The number of ether oxygens (including phenoxy) is 1. The Morgan fingerprint density at radius 3 is 2.76 bits per heavy atom. The summed E-state index contributed by atoms with van der Waals surface area (Å²) in [5.74, 6) is 0.557. The third-order valence-electron chi connectivity index (χ3n) is 4.44. The standard InChI is InChI=1S/C18H17FO2/c19-17-6-2-5-16-15(17)9-10-18(16,20)12-3-1-4-14(11-12)21-13-7-8-13/h1-6,11,13,20H,7-10H2. The number of benzene rings is 2. The maximum atomic E-state index is 13.9. The largest absolute Gasteiger partial charge is 0.490 e. The van der Waals surface area contributed by atoms with E-state index in [2.05, 4.69) is 0 Å². The highest BCUT2D eigenvalue weighted by molar-refractivity contribution is 5.47. The van der Waals surface area contributed by atoms with Crippen LogP contribution in [0.3, 0.4) is 0 Å². The fourth-order valence-electron chi connectivity index (χ4n) is 3.15. The van der Waals surface area contributed by atoms with Crippen molar-refractivity contribution in [2.75, 3.05) is 0 Å². The summed E-state index contributed by atoms with van der Waals surface area (Å²) in [6.45, 7) is 0. The lowest BCUT2D eigenvalue weighted by molar-refractivity contribution is 0.0825. The zero-order chi connectivity index (χ0) is 14.4. The smallest absolute Gasteiger partial charge is 0.126 e. The molecule has 0 heterocycles. The van der Waals surface area contributed by atoms with Crippen LogP contribution in [0.2, 0.25) is 0 Å². The third kappa shape index (κ3) is 2.12. The molecular weight excluding hydrogens is 267 g/mol. The quantitative estimate of drug-likeness (QED) is 0.934. The van der Waals surface area contributed by atoms with E-state index >= 15 is 0 Å². The lowest BCUT2D eigenvalue weighted by Crippen LogP contribution is -2.24. The molecule has 1 unspecified atom stereocenters. The van der Waals surface area contributed by atoms with Crippen molar-refractivity contribution in [2.45, 2.75) is 37.4 Å². The normalized spacial score (nSPS) is 23.9. The summed E-state index contributed by atoms with van der Waals surface area (Å²) in [7, 11) is 0. The fraction of sp³-hybridized carbons (Fsp3) is 0.333. The van der Waals surface area contributed by atoms with Crippen LogP contribution in [0.4, 0.5) is 4.39 Å². The van der Waals surface area contributed by atoms with Gasteiger partial charge in [0.25, 0.3) is 0 Å². The molecule has 2 aromatic rings. The van der Waals surface area contributed by atoms with Crippen molar-refractivity contribution >= 4 is 0 Å². The maximum absolute atomic E-state index is 13.9. The Balaban J connectivity index is 1.75. The van der Waals surface area contributed by atoms with E-state index in [0.717, 1.165) is 24.2 Å². The first-order valence-electron chi connectivity index (χ1n) is 7.44. The minimum atomic E-state index is -1.11. The molecule has 0 bridgehead atoms. The highest BCUT2D eigenvalue weighted by Crippen LogP contribution is 2.43. The van der Waals surface area contributed by atoms with Gasteiger partial charge in [-0.2, -0.15) is 0 Å². The Morgan fingerprint density at radius 2 is 1.95 bits per heavy atom. The van der Waals surface area contributed by atoms with Crippen LogP contribution >= 0.6 is 0 Å². The molecule has 0 radical (unpaired) electrons. The van der Waals surface area contributed by atoms with Crippen LogP contribution in [0, 0.1) is 5.82 Å². The molecule has 0 aromatic heterocycles. The minimum absolute atomic E-state index is 0.228. The molecule has 1 atom stereocenters. The number of hydrogen-bond acceptors (Lipinski definition) is 2. The van der Waals surface area contributed by atoms with Crippen molar-refractivity contribution < 1.29 is 14.2 Å². The first kappa shape index (κ1) is 12.8. The van der Waals surface area contributed by atoms with Gasteiger partial charge in [-0.05, 0) is 60.6 Å². The van der Waals surface area contributed by atoms with E-state index in [4.69, 9.17) is 4.74 Å². The van der Waals surface area contributed by atoms with Crippen molar-refractivity contribution in [2.24, 2.45) is 0 Å². The second-order valence-electron chi connectivity index (χ2n) is 5.97. The monoisotopic (exact) mass is 284 g/mol. The molecule has 1 saturated carbocycles. The molecule has 0 amide bonds. The van der Waals surface area contributed by atoms with E-state index < -0.39 is 5.60 Å². The lowest BCUT2D eigenvalue weighted by Gasteiger charge is -2.25. The number of halogens is 1. The zero-order valence-corrected chi connectivity index (χ0v) is 11.7. The van der Waals surface area contributed by atoms with Gasteiger partial charge >= 0.3 is 0 Å². The molecule has 0 saturated heterocycles. The molecule has 1 N–H and O–H groups in total. The van der Waals surface area contributed by atoms with E-state index in [1.165, 1.54) is 6.07 Å². The van der Waals surface area contributed by atoms with Gasteiger partial charge in [0.2, 0.25) is 0 Å². The second-order valence-corrected chi connectivity index (χ2v) is 5.97. The van der Waals surface area contributed by atoms with Crippen LogP contribution in [0.1, 0.15) is 36.0 Å². The number of hydrogen-bond donors (Lipinski definition) is 1. The molecule has 2 aromatic carbocycles. The van der Waals surface area contributed by atoms with Crippen LogP contribution in [0.5, 0.6) is 5.75 Å². The van der Waals surface area contributed by atoms with Gasteiger partial charge in [0.1, 0.15) is 17.2 Å². The molecule has 0 aliphatic heterocycles. The van der Waals surface area contributed by atoms with Crippen molar-refractivity contribution in [3.8, 4) is 5.75 Å². The Kier molecular flexibility index (Phi) is 2.79. The van der Waals surface area contributed by atoms with Crippen molar-refractivity contribution in [1.82, 2.24) is 0 Å². The summed E-state index contributed by atoms with van der Waals surface area (Å²) in [4.78, 5) is 0.